The van der Waals surface area contributed by atoms with Crippen molar-refractivity contribution in [3.8, 4) is 0 Å². The van der Waals surface area contributed by atoms with Crippen LogP contribution in [0.1, 0.15) is 32.6 Å². The first kappa shape index (κ1) is 13.4. The van der Waals surface area contributed by atoms with Crippen molar-refractivity contribution in [1.29, 1.82) is 0 Å². The van der Waals surface area contributed by atoms with E-state index < -0.39 is 17.9 Å². The summed E-state index contributed by atoms with van der Waals surface area (Å²) >= 11 is 0. The molecule has 5 N–H and O–H groups in total. The van der Waals surface area contributed by atoms with Crippen LogP contribution in [0.4, 0.5) is 0 Å². The molecule has 0 aliphatic heterocycles. The maximum Gasteiger partial charge on any atom is 0.249 e. The lowest BCUT2D eigenvalue weighted by Crippen LogP contribution is -2.52. The molecule has 6 nitrogen and oxygen atoms in total. The molecule has 15 heavy (non-hydrogen) atoms. The van der Waals surface area contributed by atoms with Crippen molar-refractivity contribution in [1.82, 2.24) is 5.32 Å². The number of primary amides is 2. The summed E-state index contributed by atoms with van der Waals surface area (Å²) in [5.74, 6) is -2.26. The molecule has 0 aromatic heterocycles. The molecule has 0 atom stereocenters. The zero-order valence-electron chi connectivity index (χ0n) is 8.79. The van der Waals surface area contributed by atoms with Crippen molar-refractivity contribution in [2.75, 3.05) is 0 Å². The number of nitrogens with two attached hydrogens (primary N) is 2. The fourth-order valence-electron chi connectivity index (χ4n) is 1.05. The zero-order chi connectivity index (χ0) is 11.8. The van der Waals surface area contributed by atoms with Gasteiger partial charge in [0.15, 0.2) is 6.04 Å². The minimum atomic E-state index is -1.40. The van der Waals surface area contributed by atoms with Gasteiger partial charge in [-0.15, -0.1) is 0 Å². The Morgan fingerprint density at radius 2 is 1.67 bits per heavy atom. The Bertz CT molecular complexity index is 239. The molecule has 0 unspecified atom stereocenters. The SMILES string of the molecule is CCCCCC(=O)NC(C(N)=O)C(N)=O. The molecule has 0 saturated carbocycles. The number of carbonyl (C=O) groups is 3. The van der Waals surface area contributed by atoms with E-state index in [4.69, 9.17) is 11.5 Å². The Morgan fingerprint density at radius 1 is 1.13 bits per heavy atom. The summed E-state index contributed by atoms with van der Waals surface area (Å²) in [6.07, 6.45) is 2.89. The normalized spacial score (nSPS) is 10.0. The Labute approximate surface area is 88.4 Å². The van der Waals surface area contributed by atoms with Gasteiger partial charge in [-0.3, -0.25) is 14.4 Å². The van der Waals surface area contributed by atoms with Gasteiger partial charge in [0.25, 0.3) is 0 Å². The molecule has 0 aliphatic rings. The highest BCUT2D eigenvalue weighted by molar-refractivity contribution is 6.05. The average Bonchev–Trinajstić information content (AvgIpc) is 2.13. The number of unbranched alkanes of at least 4 members (excludes halogenated alkanes) is 2. The molecule has 0 heterocycles. The van der Waals surface area contributed by atoms with Gasteiger partial charge in [0, 0.05) is 6.42 Å². The van der Waals surface area contributed by atoms with Gasteiger partial charge in [0.2, 0.25) is 17.7 Å². The predicted molar refractivity (Wildman–Crippen MR) is 54.5 cm³/mol. The highest BCUT2D eigenvalue weighted by atomic mass is 16.2. The number of carbonyl (C=O) groups excluding carboxylic acids is 3. The van der Waals surface area contributed by atoms with Gasteiger partial charge in [0.05, 0.1) is 0 Å². The number of amides is 3. The highest BCUT2D eigenvalue weighted by Crippen LogP contribution is 1.98. The molecular weight excluding hydrogens is 198 g/mol. The van der Waals surface area contributed by atoms with Crippen LogP contribution in [0.15, 0.2) is 0 Å². The quantitative estimate of drug-likeness (QED) is 0.374. The summed E-state index contributed by atoms with van der Waals surface area (Å²) in [7, 11) is 0. The van der Waals surface area contributed by atoms with Crippen LogP contribution in [0, 0.1) is 0 Å². The lowest BCUT2D eigenvalue weighted by Gasteiger charge is -2.11. The average molecular weight is 215 g/mol. The maximum absolute atomic E-state index is 11.2. The highest BCUT2D eigenvalue weighted by Gasteiger charge is 2.23. The maximum atomic E-state index is 11.2. The van der Waals surface area contributed by atoms with E-state index in [2.05, 4.69) is 5.32 Å². The first-order valence-electron chi connectivity index (χ1n) is 4.87. The van der Waals surface area contributed by atoms with Crippen molar-refractivity contribution in [2.45, 2.75) is 38.6 Å². The second-order valence-corrected chi connectivity index (χ2v) is 3.26. The van der Waals surface area contributed by atoms with Gasteiger partial charge in [-0.25, -0.2) is 0 Å². The third kappa shape index (κ3) is 5.66. The number of hydrogen-bond acceptors (Lipinski definition) is 3. The second-order valence-electron chi connectivity index (χ2n) is 3.26. The Balaban J connectivity index is 4.01. The van der Waals surface area contributed by atoms with E-state index in [1.54, 1.807) is 0 Å². The van der Waals surface area contributed by atoms with Crippen LogP contribution >= 0.6 is 0 Å². The van der Waals surface area contributed by atoms with Crippen LogP contribution in [0.5, 0.6) is 0 Å². The predicted octanol–water partition coefficient (Wildman–Crippen LogP) is -0.978. The molecule has 0 bridgehead atoms. The van der Waals surface area contributed by atoms with Crippen LogP contribution in [0.2, 0.25) is 0 Å². The molecule has 0 aliphatic carbocycles. The van der Waals surface area contributed by atoms with Crippen LogP contribution in [0.3, 0.4) is 0 Å². The van der Waals surface area contributed by atoms with E-state index in [1.807, 2.05) is 6.92 Å². The summed E-state index contributed by atoms with van der Waals surface area (Å²) < 4.78 is 0. The Kier molecular flexibility index (Phi) is 6.08. The van der Waals surface area contributed by atoms with Crippen molar-refractivity contribution >= 4 is 17.7 Å². The zero-order valence-corrected chi connectivity index (χ0v) is 8.79. The van der Waals surface area contributed by atoms with Crippen LogP contribution in [0.25, 0.3) is 0 Å². The second kappa shape index (κ2) is 6.80. The minimum absolute atomic E-state index is 0.269. The van der Waals surface area contributed by atoms with Crippen molar-refractivity contribution in [3.05, 3.63) is 0 Å². The van der Waals surface area contributed by atoms with Gasteiger partial charge in [-0.1, -0.05) is 19.8 Å². The summed E-state index contributed by atoms with van der Waals surface area (Å²) in [6.45, 7) is 2.01. The third-order valence-electron chi connectivity index (χ3n) is 1.88. The van der Waals surface area contributed by atoms with Gasteiger partial charge in [-0.2, -0.15) is 0 Å². The minimum Gasteiger partial charge on any atom is -0.367 e. The smallest absolute Gasteiger partial charge is 0.249 e. The van der Waals surface area contributed by atoms with Gasteiger partial charge < -0.3 is 16.8 Å². The van der Waals surface area contributed by atoms with Crippen molar-refractivity contribution < 1.29 is 14.4 Å². The third-order valence-corrected chi connectivity index (χ3v) is 1.88. The molecule has 6 heteroatoms. The van der Waals surface area contributed by atoms with Crippen molar-refractivity contribution in [2.24, 2.45) is 11.5 Å². The molecule has 3 amide bonds. The number of rotatable bonds is 7. The van der Waals surface area contributed by atoms with Gasteiger partial charge >= 0.3 is 0 Å². The molecule has 0 aromatic carbocycles. The molecule has 0 aromatic rings. The molecule has 0 spiro atoms. The Morgan fingerprint density at radius 3 is 2.07 bits per heavy atom. The first-order valence-corrected chi connectivity index (χ1v) is 4.87. The first-order chi connectivity index (χ1) is 6.99. The van der Waals surface area contributed by atoms with Gasteiger partial charge in [0.1, 0.15) is 0 Å². The molecule has 0 rings (SSSR count). The van der Waals surface area contributed by atoms with E-state index in [-0.39, 0.29) is 12.3 Å². The van der Waals surface area contributed by atoms with E-state index in [0.717, 1.165) is 12.8 Å². The summed E-state index contributed by atoms with van der Waals surface area (Å²) in [5, 5.41) is 2.19. The number of hydrogen-bond donors (Lipinski definition) is 3. The largest absolute Gasteiger partial charge is 0.367 e. The Hall–Kier alpha value is -1.59. The lowest BCUT2D eigenvalue weighted by molar-refractivity contribution is -0.134. The van der Waals surface area contributed by atoms with E-state index >= 15 is 0 Å². The van der Waals surface area contributed by atoms with Crippen LogP contribution in [-0.4, -0.2) is 23.8 Å². The standard InChI is InChI=1S/C9H17N3O3/c1-2-3-4-5-6(13)12-7(8(10)14)9(11)15/h7H,2-5H2,1H3,(H2,10,14)(H2,11,15)(H,12,13). The van der Waals surface area contributed by atoms with E-state index in [0.29, 0.717) is 6.42 Å². The topological polar surface area (TPSA) is 115 Å². The molecule has 0 fully saturated rings. The van der Waals surface area contributed by atoms with E-state index in [1.165, 1.54) is 0 Å². The summed E-state index contributed by atoms with van der Waals surface area (Å²) in [4.78, 5) is 32.6. The number of nitrogens with one attached hydrogen (secondary N) is 1. The van der Waals surface area contributed by atoms with Crippen LogP contribution in [-0.2, 0) is 14.4 Å². The monoisotopic (exact) mass is 215 g/mol. The fraction of sp³-hybridized carbons (Fsp3) is 0.667. The molecular formula is C9H17N3O3. The molecule has 86 valence electrons. The van der Waals surface area contributed by atoms with Crippen LogP contribution < -0.4 is 16.8 Å². The molecule has 0 radical (unpaired) electrons. The lowest BCUT2D eigenvalue weighted by atomic mass is 10.2. The summed E-state index contributed by atoms with van der Waals surface area (Å²) in [6, 6.07) is -1.40. The van der Waals surface area contributed by atoms with E-state index in [9.17, 15) is 14.4 Å². The van der Waals surface area contributed by atoms with Gasteiger partial charge in [-0.05, 0) is 6.42 Å². The fourth-order valence-corrected chi connectivity index (χ4v) is 1.05. The van der Waals surface area contributed by atoms with Crippen molar-refractivity contribution in [3.63, 3.8) is 0 Å². The molecule has 0 saturated heterocycles. The summed E-state index contributed by atoms with van der Waals surface area (Å²) in [5.41, 5.74) is 9.77.